The molecule has 0 fully saturated rings. The molecular formula is C29H28F2N6O2Si. The number of nitrogens with zero attached hydrogens (tertiary/aromatic N) is 6. The van der Waals surface area contributed by atoms with Gasteiger partial charge in [0.2, 0.25) is 5.88 Å². The smallest absolute Gasteiger partial charge is 0.240 e. The first-order valence-corrected chi connectivity index (χ1v) is 16.7. The lowest BCUT2D eigenvalue weighted by Gasteiger charge is -2.17. The number of hydrogen-bond acceptors (Lipinski definition) is 6. The maximum atomic E-state index is 14.6. The van der Waals surface area contributed by atoms with Crippen molar-refractivity contribution in [3.63, 3.8) is 0 Å². The highest BCUT2D eigenvalue weighted by Gasteiger charge is 2.21. The van der Waals surface area contributed by atoms with Crippen LogP contribution in [0, 0.1) is 11.6 Å². The molecule has 3 aromatic heterocycles. The van der Waals surface area contributed by atoms with Crippen LogP contribution >= 0.6 is 0 Å². The van der Waals surface area contributed by atoms with Crippen LogP contribution in [0.5, 0.6) is 5.88 Å². The molecule has 3 heterocycles. The quantitative estimate of drug-likeness (QED) is 0.149. The molecule has 6 rings (SSSR count). The van der Waals surface area contributed by atoms with Crippen LogP contribution in [0.2, 0.25) is 25.7 Å². The Morgan fingerprint density at radius 2 is 1.80 bits per heavy atom. The van der Waals surface area contributed by atoms with E-state index in [1.165, 1.54) is 16.6 Å². The predicted octanol–water partition coefficient (Wildman–Crippen LogP) is 6.26. The van der Waals surface area contributed by atoms with Gasteiger partial charge in [-0.1, -0.05) is 50.0 Å². The summed E-state index contributed by atoms with van der Waals surface area (Å²) >= 11 is 0. The van der Waals surface area contributed by atoms with Crippen molar-refractivity contribution >= 4 is 30.3 Å². The number of benzene rings is 2. The summed E-state index contributed by atoms with van der Waals surface area (Å²) in [4.78, 5) is 4.79. The molecule has 0 atom stereocenters. The zero-order valence-corrected chi connectivity index (χ0v) is 23.4. The molecule has 0 radical (unpaired) electrons. The van der Waals surface area contributed by atoms with Gasteiger partial charge in [-0.05, 0) is 41.9 Å². The molecule has 0 amide bonds. The Labute approximate surface area is 230 Å². The third-order valence-electron chi connectivity index (χ3n) is 6.68. The largest absolute Gasteiger partial charge is 0.468 e. The number of para-hydroxylation sites is 2. The molecule has 5 aromatic rings. The molecule has 0 saturated carbocycles. The normalized spacial score (nSPS) is 13.2. The SMILES string of the molecule is C[Si](C)(C)CCOCn1c(COc2nn3c(-c4ccc(F)cc4F)nnc3cc2C2=CC=C2)nc2ccccc21. The van der Waals surface area contributed by atoms with Gasteiger partial charge in [0.1, 0.15) is 30.8 Å². The second-order valence-corrected chi connectivity index (χ2v) is 16.5. The second-order valence-electron chi connectivity index (χ2n) is 10.8. The Morgan fingerprint density at radius 1 is 0.975 bits per heavy atom. The molecule has 0 spiro atoms. The van der Waals surface area contributed by atoms with Crippen LogP contribution in [0.1, 0.15) is 11.4 Å². The molecule has 1 aliphatic carbocycles. The van der Waals surface area contributed by atoms with Crippen molar-refractivity contribution in [3.8, 4) is 17.3 Å². The number of ether oxygens (including phenoxy) is 2. The topological polar surface area (TPSA) is 79.4 Å². The lowest BCUT2D eigenvalue weighted by atomic mass is 10.0. The first kappa shape index (κ1) is 26.0. The van der Waals surface area contributed by atoms with Gasteiger partial charge in [-0.25, -0.2) is 13.8 Å². The van der Waals surface area contributed by atoms with Crippen molar-refractivity contribution < 1.29 is 18.3 Å². The molecule has 2 aromatic carbocycles. The van der Waals surface area contributed by atoms with Gasteiger partial charge in [-0.2, -0.15) is 4.52 Å². The van der Waals surface area contributed by atoms with E-state index >= 15 is 0 Å². The number of imidazole rings is 1. The molecule has 0 saturated heterocycles. The van der Waals surface area contributed by atoms with Crippen molar-refractivity contribution in [3.05, 3.63) is 89.8 Å². The van der Waals surface area contributed by atoms with Crippen LogP contribution in [0.4, 0.5) is 8.78 Å². The fraction of sp³-hybridized carbons (Fsp3) is 0.241. The van der Waals surface area contributed by atoms with E-state index in [4.69, 9.17) is 14.5 Å². The highest BCUT2D eigenvalue weighted by Crippen LogP contribution is 2.32. The molecule has 204 valence electrons. The van der Waals surface area contributed by atoms with Gasteiger partial charge < -0.3 is 14.0 Å². The summed E-state index contributed by atoms with van der Waals surface area (Å²) in [5.74, 6) is -0.288. The number of rotatable bonds is 10. The third kappa shape index (κ3) is 5.17. The summed E-state index contributed by atoms with van der Waals surface area (Å²) in [6, 6.07) is 14.0. The average Bonchev–Trinajstić information content (AvgIpc) is 3.44. The maximum Gasteiger partial charge on any atom is 0.240 e. The van der Waals surface area contributed by atoms with E-state index in [2.05, 4.69) is 34.9 Å². The van der Waals surface area contributed by atoms with E-state index in [9.17, 15) is 8.78 Å². The fourth-order valence-electron chi connectivity index (χ4n) is 4.39. The summed E-state index contributed by atoms with van der Waals surface area (Å²) in [5, 5.41) is 13.0. The van der Waals surface area contributed by atoms with Crippen LogP contribution in [0.15, 0.2) is 66.8 Å². The summed E-state index contributed by atoms with van der Waals surface area (Å²) in [6.45, 7) is 8.13. The van der Waals surface area contributed by atoms with E-state index in [1.54, 1.807) is 6.07 Å². The maximum absolute atomic E-state index is 14.6. The molecule has 8 nitrogen and oxygen atoms in total. The van der Waals surface area contributed by atoms with Gasteiger partial charge >= 0.3 is 0 Å². The van der Waals surface area contributed by atoms with E-state index < -0.39 is 19.7 Å². The summed E-state index contributed by atoms with van der Waals surface area (Å²) < 4.78 is 43.9. The molecule has 0 bridgehead atoms. The highest BCUT2D eigenvalue weighted by molar-refractivity contribution is 6.76. The first-order valence-electron chi connectivity index (χ1n) is 13.0. The molecule has 0 unspecified atom stereocenters. The second kappa shape index (κ2) is 10.4. The fourth-order valence-corrected chi connectivity index (χ4v) is 5.14. The van der Waals surface area contributed by atoms with Gasteiger partial charge in [-0.3, -0.25) is 0 Å². The van der Waals surface area contributed by atoms with E-state index in [0.717, 1.165) is 34.3 Å². The van der Waals surface area contributed by atoms with Crippen LogP contribution in [-0.2, 0) is 18.1 Å². The summed E-state index contributed by atoms with van der Waals surface area (Å²) in [5.41, 5.74) is 3.94. The zero-order chi connectivity index (χ0) is 27.9. The van der Waals surface area contributed by atoms with Crippen LogP contribution in [-0.4, -0.2) is 44.0 Å². The minimum absolute atomic E-state index is 0.0834. The predicted molar refractivity (Wildman–Crippen MR) is 151 cm³/mol. The number of allylic oxidation sites excluding steroid dienone is 4. The van der Waals surface area contributed by atoms with Crippen molar-refractivity contribution in [2.45, 2.75) is 39.0 Å². The Bertz CT molecular complexity index is 1790. The van der Waals surface area contributed by atoms with Crippen LogP contribution in [0.3, 0.4) is 0 Å². The van der Waals surface area contributed by atoms with E-state index in [-0.39, 0.29) is 18.0 Å². The monoisotopic (exact) mass is 558 g/mol. The van der Waals surface area contributed by atoms with Gasteiger partial charge in [0.15, 0.2) is 11.5 Å². The van der Waals surface area contributed by atoms with Gasteiger partial charge in [0, 0.05) is 26.3 Å². The molecule has 0 aliphatic heterocycles. The Kier molecular flexibility index (Phi) is 6.76. The van der Waals surface area contributed by atoms with Crippen LogP contribution in [0.25, 0.3) is 33.6 Å². The minimum atomic E-state index is -1.22. The molecular weight excluding hydrogens is 530 g/mol. The summed E-state index contributed by atoms with van der Waals surface area (Å²) in [6.07, 6.45) is 5.81. The standard InChI is InChI=1S/C29H28F2N6O2Si/c1-40(2,3)14-13-38-18-36-25-10-5-4-9-24(25)32-27(36)17-39-29-22(19-7-6-8-19)16-26-33-34-28(37(26)35-29)21-12-11-20(30)15-23(21)31/h4-12,15-16H,13-14,17-18H2,1-3H3. The van der Waals surface area contributed by atoms with Crippen molar-refractivity contribution in [2.75, 3.05) is 6.61 Å². The molecule has 11 heteroatoms. The van der Waals surface area contributed by atoms with Crippen molar-refractivity contribution in [2.24, 2.45) is 0 Å². The van der Waals surface area contributed by atoms with Crippen molar-refractivity contribution in [1.82, 2.24) is 29.4 Å². The highest BCUT2D eigenvalue weighted by atomic mass is 28.3. The Hall–Kier alpha value is -4.22. The van der Waals surface area contributed by atoms with Gasteiger partial charge in [0.25, 0.3) is 0 Å². The number of aromatic nitrogens is 6. The lowest BCUT2D eigenvalue weighted by Crippen LogP contribution is -2.22. The average molecular weight is 559 g/mol. The Balaban J connectivity index is 1.33. The van der Waals surface area contributed by atoms with E-state index in [1.807, 2.05) is 47.1 Å². The van der Waals surface area contributed by atoms with Crippen LogP contribution < -0.4 is 4.74 Å². The van der Waals surface area contributed by atoms with Crippen molar-refractivity contribution in [1.29, 1.82) is 0 Å². The lowest BCUT2D eigenvalue weighted by molar-refractivity contribution is 0.0851. The minimum Gasteiger partial charge on any atom is -0.468 e. The zero-order valence-electron chi connectivity index (χ0n) is 22.4. The third-order valence-corrected chi connectivity index (χ3v) is 8.39. The van der Waals surface area contributed by atoms with Gasteiger partial charge in [0.05, 0.1) is 16.6 Å². The Morgan fingerprint density at radius 3 is 2.55 bits per heavy atom. The molecule has 0 N–H and O–H groups in total. The molecule has 40 heavy (non-hydrogen) atoms. The summed E-state index contributed by atoms with van der Waals surface area (Å²) in [7, 11) is -1.22. The first-order chi connectivity index (χ1) is 19.3. The van der Waals surface area contributed by atoms with E-state index in [0.29, 0.717) is 30.7 Å². The number of hydrogen-bond donors (Lipinski definition) is 0. The number of halogens is 2. The molecule has 1 aliphatic rings. The van der Waals surface area contributed by atoms with Gasteiger partial charge in [-0.15, -0.1) is 15.3 Å². The number of fused-ring (bicyclic) bond motifs is 2.